The molecule has 1 unspecified atom stereocenters. The third-order valence-electron chi connectivity index (χ3n) is 5.48. The van der Waals surface area contributed by atoms with Gasteiger partial charge in [-0.2, -0.15) is 4.31 Å². The van der Waals surface area contributed by atoms with E-state index in [1.165, 1.54) is 6.42 Å². The minimum atomic E-state index is -3.51. The summed E-state index contributed by atoms with van der Waals surface area (Å²) in [6, 6.07) is 11.3. The lowest BCUT2D eigenvalue weighted by Crippen LogP contribution is -2.32. The number of benzene rings is 1. The van der Waals surface area contributed by atoms with Crippen LogP contribution in [0.1, 0.15) is 49.3 Å². The minimum Gasteiger partial charge on any atom is -0.367 e. The molecule has 1 aliphatic carbocycles. The zero-order valence-corrected chi connectivity index (χ0v) is 15.9. The number of anilines is 1. The Bertz CT molecular complexity index is 876. The number of pyridine rings is 1. The average Bonchev–Trinajstić information content (AvgIpc) is 3.09. The van der Waals surface area contributed by atoms with Gasteiger partial charge in [-0.3, -0.25) is 0 Å². The van der Waals surface area contributed by atoms with E-state index in [1.807, 2.05) is 31.2 Å². The summed E-state index contributed by atoms with van der Waals surface area (Å²) in [4.78, 5) is 4.88. The van der Waals surface area contributed by atoms with Gasteiger partial charge in [0.05, 0.1) is 10.9 Å². The summed E-state index contributed by atoms with van der Waals surface area (Å²) in [5.41, 5.74) is 2.05. The van der Waals surface area contributed by atoms with Gasteiger partial charge < -0.3 is 5.32 Å². The van der Waals surface area contributed by atoms with Crippen molar-refractivity contribution in [2.45, 2.75) is 56.0 Å². The Balaban J connectivity index is 1.65. The topological polar surface area (TPSA) is 62.3 Å². The van der Waals surface area contributed by atoms with E-state index >= 15 is 0 Å². The van der Waals surface area contributed by atoms with Crippen LogP contribution in [0.3, 0.4) is 0 Å². The van der Waals surface area contributed by atoms with Crippen molar-refractivity contribution in [2.75, 3.05) is 11.9 Å². The Kier molecular flexibility index (Phi) is 4.71. The van der Waals surface area contributed by atoms with Gasteiger partial charge in [-0.1, -0.05) is 23.8 Å². The molecule has 0 amide bonds. The van der Waals surface area contributed by atoms with Crippen LogP contribution in [0.5, 0.6) is 0 Å². The van der Waals surface area contributed by atoms with Gasteiger partial charge in [-0.05, 0) is 57.2 Å². The van der Waals surface area contributed by atoms with E-state index in [9.17, 15) is 8.42 Å². The highest BCUT2D eigenvalue weighted by molar-refractivity contribution is 7.89. The quantitative estimate of drug-likeness (QED) is 0.866. The van der Waals surface area contributed by atoms with Gasteiger partial charge in [-0.15, -0.1) is 0 Å². The van der Waals surface area contributed by atoms with Crippen LogP contribution in [-0.2, 0) is 10.0 Å². The highest BCUT2D eigenvalue weighted by Gasteiger charge is 2.37. The van der Waals surface area contributed by atoms with Crippen molar-refractivity contribution in [3.63, 3.8) is 0 Å². The van der Waals surface area contributed by atoms with Gasteiger partial charge in [0, 0.05) is 24.3 Å². The van der Waals surface area contributed by atoms with Gasteiger partial charge in [0.15, 0.2) is 0 Å². The van der Waals surface area contributed by atoms with E-state index < -0.39 is 10.0 Å². The first-order chi connectivity index (χ1) is 12.6. The van der Waals surface area contributed by atoms with Gasteiger partial charge >= 0.3 is 0 Å². The van der Waals surface area contributed by atoms with Crippen LogP contribution in [-0.4, -0.2) is 30.3 Å². The van der Waals surface area contributed by atoms with E-state index in [0.717, 1.165) is 42.6 Å². The molecule has 0 bridgehead atoms. The average molecular weight is 372 g/mol. The molecule has 2 fully saturated rings. The molecule has 1 saturated heterocycles. The Morgan fingerprint density at radius 1 is 1.08 bits per heavy atom. The molecular weight excluding hydrogens is 346 g/mol. The maximum absolute atomic E-state index is 13.2. The SMILES string of the molecule is Cc1ccc(S(=O)(=O)N2CCCC2c2cccnc2NC2CCC2)cc1. The van der Waals surface area contributed by atoms with Crippen LogP contribution in [0.15, 0.2) is 47.5 Å². The molecule has 2 aliphatic rings. The van der Waals surface area contributed by atoms with Gasteiger partial charge in [0.25, 0.3) is 0 Å². The fraction of sp³-hybridized carbons (Fsp3) is 0.450. The van der Waals surface area contributed by atoms with Crippen LogP contribution < -0.4 is 5.32 Å². The van der Waals surface area contributed by atoms with Gasteiger partial charge in [0.2, 0.25) is 10.0 Å². The van der Waals surface area contributed by atoms with Crippen LogP contribution >= 0.6 is 0 Å². The molecule has 138 valence electrons. The van der Waals surface area contributed by atoms with Crippen molar-refractivity contribution >= 4 is 15.8 Å². The maximum atomic E-state index is 13.2. The number of hydrogen-bond acceptors (Lipinski definition) is 4. The summed E-state index contributed by atoms with van der Waals surface area (Å²) in [7, 11) is -3.51. The summed E-state index contributed by atoms with van der Waals surface area (Å²) < 4.78 is 28.1. The van der Waals surface area contributed by atoms with Crippen LogP contribution in [0, 0.1) is 6.92 Å². The molecule has 1 aliphatic heterocycles. The molecular formula is C20H25N3O2S. The zero-order valence-electron chi connectivity index (χ0n) is 15.1. The van der Waals surface area contributed by atoms with Gasteiger partial charge in [0.1, 0.15) is 5.82 Å². The number of aromatic nitrogens is 1. The number of sulfonamides is 1. The molecule has 1 saturated carbocycles. The molecule has 1 atom stereocenters. The largest absolute Gasteiger partial charge is 0.367 e. The van der Waals surface area contributed by atoms with Crippen molar-refractivity contribution in [3.05, 3.63) is 53.7 Å². The molecule has 1 N–H and O–H groups in total. The van der Waals surface area contributed by atoms with E-state index in [-0.39, 0.29) is 6.04 Å². The number of aryl methyl sites for hydroxylation is 1. The molecule has 2 aromatic rings. The monoisotopic (exact) mass is 371 g/mol. The first kappa shape index (κ1) is 17.5. The molecule has 26 heavy (non-hydrogen) atoms. The van der Waals surface area contributed by atoms with Gasteiger partial charge in [-0.25, -0.2) is 13.4 Å². The zero-order chi connectivity index (χ0) is 18.1. The Hall–Kier alpha value is -1.92. The smallest absolute Gasteiger partial charge is 0.243 e. The molecule has 2 heterocycles. The van der Waals surface area contributed by atoms with E-state index in [4.69, 9.17) is 0 Å². The normalized spacial score (nSPS) is 21.5. The van der Waals surface area contributed by atoms with E-state index in [1.54, 1.807) is 22.6 Å². The summed E-state index contributed by atoms with van der Waals surface area (Å²) in [5.74, 6) is 0.841. The van der Waals surface area contributed by atoms with E-state index in [2.05, 4.69) is 10.3 Å². The second-order valence-corrected chi connectivity index (χ2v) is 9.19. The highest BCUT2D eigenvalue weighted by atomic mass is 32.2. The molecule has 1 aromatic heterocycles. The minimum absolute atomic E-state index is 0.155. The predicted octanol–water partition coefficient (Wildman–Crippen LogP) is 3.88. The molecule has 6 heteroatoms. The standard InChI is InChI=1S/C20H25N3O2S/c1-15-9-11-17(12-10-15)26(24,25)23-14-4-8-19(23)18-7-3-13-21-20(18)22-16-5-2-6-16/h3,7,9-13,16,19H,2,4-6,8,14H2,1H3,(H,21,22). The number of hydrogen-bond donors (Lipinski definition) is 1. The highest BCUT2D eigenvalue weighted by Crippen LogP contribution is 2.39. The lowest BCUT2D eigenvalue weighted by atomic mass is 9.93. The fourth-order valence-corrected chi connectivity index (χ4v) is 5.41. The second kappa shape index (κ2) is 7.00. The Labute approximate surface area is 155 Å². The molecule has 0 spiro atoms. The van der Waals surface area contributed by atoms with Crippen LogP contribution in [0.4, 0.5) is 5.82 Å². The second-order valence-electron chi connectivity index (χ2n) is 7.30. The van der Waals surface area contributed by atoms with E-state index in [0.29, 0.717) is 17.5 Å². The molecule has 1 aromatic carbocycles. The van der Waals surface area contributed by atoms with Crippen LogP contribution in [0.2, 0.25) is 0 Å². The number of nitrogens with zero attached hydrogens (tertiary/aromatic N) is 2. The van der Waals surface area contributed by atoms with Crippen molar-refractivity contribution in [3.8, 4) is 0 Å². The molecule has 0 radical (unpaired) electrons. The molecule has 4 rings (SSSR count). The summed E-state index contributed by atoms with van der Waals surface area (Å²) in [6.45, 7) is 2.52. The molecule has 5 nitrogen and oxygen atoms in total. The third-order valence-corrected chi connectivity index (χ3v) is 7.40. The van der Waals surface area contributed by atoms with Crippen molar-refractivity contribution in [2.24, 2.45) is 0 Å². The Morgan fingerprint density at radius 3 is 2.54 bits per heavy atom. The number of rotatable bonds is 5. The fourth-order valence-electron chi connectivity index (χ4n) is 3.74. The first-order valence-corrected chi connectivity index (χ1v) is 10.8. The lowest BCUT2D eigenvalue weighted by Gasteiger charge is -2.30. The summed E-state index contributed by atoms with van der Waals surface area (Å²) in [5, 5.41) is 3.51. The summed E-state index contributed by atoms with van der Waals surface area (Å²) >= 11 is 0. The Morgan fingerprint density at radius 2 is 1.85 bits per heavy atom. The first-order valence-electron chi connectivity index (χ1n) is 9.36. The van der Waals surface area contributed by atoms with Crippen molar-refractivity contribution in [1.29, 1.82) is 0 Å². The lowest BCUT2D eigenvalue weighted by molar-refractivity contribution is 0.395. The van der Waals surface area contributed by atoms with Crippen LogP contribution in [0.25, 0.3) is 0 Å². The maximum Gasteiger partial charge on any atom is 0.243 e. The van der Waals surface area contributed by atoms with Crippen molar-refractivity contribution < 1.29 is 8.42 Å². The summed E-state index contributed by atoms with van der Waals surface area (Å²) in [6.07, 6.45) is 7.04. The predicted molar refractivity (Wildman–Crippen MR) is 103 cm³/mol. The van der Waals surface area contributed by atoms with Crippen molar-refractivity contribution in [1.82, 2.24) is 9.29 Å². The third kappa shape index (κ3) is 3.23. The number of nitrogens with one attached hydrogen (secondary N) is 1.